The van der Waals surface area contributed by atoms with E-state index in [0.29, 0.717) is 114 Å². The zero-order valence-electron chi connectivity index (χ0n) is 47.1. The Bertz CT molecular complexity index is 1320. The van der Waals surface area contributed by atoms with Gasteiger partial charge in [-0.05, 0) is 120 Å². The monoisotopic (exact) mass is 1190 g/mol. The molecule has 0 aliphatic carbocycles. The molecule has 2 heterocycles. The van der Waals surface area contributed by atoms with E-state index in [4.69, 9.17) is 91.4 Å². The van der Waals surface area contributed by atoms with E-state index in [0.717, 1.165) is 0 Å². The fraction of sp³-hybridized carbons (Fsp3) is 1.00. The van der Waals surface area contributed by atoms with Crippen LogP contribution in [0.25, 0.3) is 0 Å². The Morgan fingerprint density at radius 1 is 0.352 bits per heavy atom. The summed E-state index contributed by atoms with van der Waals surface area (Å²) in [7, 11) is -30.3. The van der Waals surface area contributed by atoms with Gasteiger partial charge in [-0.25, -0.2) is 0 Å². The largest absolute Gasteiger partial charge is 0.500 e. The Morgan fingerprint density at radius 3 is 0.915 bits per heavy atom. The number of rotatable bonds is 28. The van der Waals surface area contributed by atoms with Crippen LogP contribution in [-0.2, 0) is 91.4 Å². The summed E-state index contributed by atoms with van der Waals surface area (Å²) in [4.78, 5) is 0. The van der Waals surface area contributed by atoms with Crippen molar-refractivity contribution in [2.75, 3.05) is 107 Å². The molecule has 2 aliphatic heterocycles. The Hall–Kier alpha value is 1.33. The average molecular weight is 1200 g/mol. The first kappa shape index (κ1) is 68.4. The summed E-state index contributed by atoms with van der Waals surface area (Å²) in [6.07, 6.45) is 0. The van der Waals surface area contributed by atoms with Gasteiger partial charge < -0.3 is 91.4 Å². The molecule has 0 spiro atoms. The summed E-state index contributed by atoms with van der Waals surface area (Å²) in [5.74, 6) is 0. The molecule has 424 valence electrons. The lowest BCUT2D eigenvalue weighted by molar-refractivity contribution is 0.0244. The fourth-order valence-electron chi connectivity index (χ4n) is 8.85. The quantitative estimate of drug-likeness (QED) is 0.0683. The summed E-state index contributed by atoms with van der Waals surface area (Å²) in [6.45, 7) is 36.2. The summed E-state index contributed by atoms with van der Waals surface area (Å²) in [5.41, 5.74) is 0. The number of hydrogen-bond donors (Lipinski definition) is 0. The van der Waals surface area contributed by atoms with Gasteiger partial charge in [0.05, 0.1) is 26.4 Å². The molecule has 71 heavy (non-hydrogen) atoms. The van der Waals surface area contributed by atoms with Crippen molar-refractivity contribution in [1.29, 1.82) is 0 Å². The molecule has 0 saturated carbocycles. The molecule has 2 saturated heterocycles. The highest BCUT2D eigenvalue weighted by Crippen LogP contribution is 2.42. The van der Waals surface area contributed by atoms with Crippen LogP contribution in [0.5, 0.6) is 0 Å². The zero-order chi connectivity index (χ0) is 53.4. The van der Waals surface area contributed by atoms with Gasteiger partial charge in [-0.1, -0.05) is 0 Å². The molecule has 2 rings (SSSR count). The Labute approximate surface area is 439 Å². The first-order valence-corrected chi connectivity index (χ1v) is 48.3. The predicted molar refractivity (Wildman–Crippen MR) is 291 cm³/mol. The van der Waals surface area contributed by atoms with Crippen LogP contribution in [0.4, 0.5) is 0 Å². The Morgan fingerprint density at radius 2 is 0.648 bits per heavy atom. The molecule has 6 atom stereocenters. The van der Waals surface area contributed by atoms with Gasteiger partial charge in [0.15, 0.2) is 0 Å². The van der Waals surface area contributed by atoms with Gasteiger partial charge in [-0.3, -0.25) is 0 Å². The van der Waals surface area contributed by atoms with Crippen molar-refractivity contribution in [2.24, 2.45) is 0 Å². The van der Waals surface area contributed by atoms with Gasteiger partial charge in [-0.15, -0.1) is 0 Å². The third-order valence-corrected chi connectivity index (χ3v) is 49.9. The van der Waals surface area contributed by atoms with Crippen molar-refractivity contribution in [1.82, 2.24) is 0 Å². The first-order chi connectivity index (χ1) is 33.5. The van der Waals surface area contributed by atoms with E-state index in [-0.39, 0.29) is 26.4 Å². The van der Waals surface area contributed by atoms with Gasteiger partial charge in [0.2, 0.25) is 0 Å². The lowest BCUT2D eigenvalue weighted by atomic mass is 10.8. The van der Waals surface area contributed by atoms with Crippen LogP contribution in [0, 0.1) is 0 Å². The smallest absolute Gasteiger partial charge is 0.416 e. The second-order valence-corrected chi connectivity index (χ2v) is 48.6. The van der Waals surface area contributed by atoms with Gasteiger partial charge in [0.1, 0.15) is 0 Å². The van der Waals surface area contributed by atoms with E-state index in [9.17, 15) is 0 Å². The minimum Gasteiger partial charge on any atom is -0.416 e. The first-order valence-electron chi connectivity index (χ1n) is 26.1. The lowest BCUT2D eigenvalue weighted by Gasteiger charge is -2.51. The van der Waals surface area contributed by atoms with Crippen molar-refractivity contribution in [3.63, 3.8) is 0 Å². The van der Waals surface area contributed by atoms with Gasteiger partial charge in [0.25, 0.3) is 0 Å². The molecule has 2 aliphatic rings. The molecule has 21 nitrogen and oxygen atoms in total. The maximum absolute atomic E-state index is 7.75. The molecule has 0 aromatic carbocycles. The third kappa shape index (κ3) is 22.5. The summed E-state index contributed by atoms with van der Waals surface area (Å²) >= 11 is 0. The summed E-state index contributed by atoms with van der Waals surface area (Å²) in [6, 6.07) is 3.58. The van der Waals surface area contributed by atoms with E-state index in [1.54, 1.807) is 27.3 Å². The van der Waals surface area contributed by atoms with Crippen molar-refractivity contribution >= 4 is 87.1 Å². The topological polar surface area (TPSA) is 194 Å². The standard InChI is InChI=1S/C40H98O21Si10/c1-19-43-68(44-20-2,45-21-3)37-33-62(13)57-63(14,34-38-69(46-22-4,47-23-5)48-24-6)59-65(16)36-40-71(51-27-9,52-28-10)56-32-30-54-67(18,42-12)61-66(17,41-11)53-29-31-55-70(49-25-7,50-26-8)39-35-64(15,58-62)60-65/h19-40H2,1-18H3. The molecular formula is C40H98O21Si10. The molecule has 2 bridgehead atoms. The highest BCUT2D eigenvalue weighted by molar-refractivity contribution is 6.95. The van der Waals surface area contributed by atoms with Crippen molar-refractivity contribution < 1.29 is 91.4 Å². The second-order valence-electron chi connectivity index (χ2n) is 17.6. The predicted octanol–water partition coefficient (Wildman–Crippen LogP) is 8.00. The minimum absolute atomic E-state index is 0.132. The second kappa shape index (κ2) is 32.4. The molecule has 0 aromatic rings. The normalized spacial score (nSPS) is 31.2. The Balaban J connectivity index is 2.98. The van der Waals surface area contributed by atoms with Crippen LogP contribution in [0.15, 0.2) is 0 Å². The summed E-state index contributed by atoms with van der Waals surface area (Å²) < 4.78 is 140. The highest BCUT2D eigenvalue weighted by Gasteiger charge is 2.61. The zero-order valence-corrected chi connectivity index (χ0v) is 57.1. The van der Waals surface area contributed by atoms with Crippen LogP contribution in [0.1, 0.15) is 69.2 Å². The van der Waals surface area contributed by atoms with Crippen LogP contribution < -0.4 is 0 Å². The SMILES string of the molecule is CCO[Si](CC[Si]1(C)O[Si](C)(CC[Si](OCC)(OCC)OCC)O[Si]2(C)CC[Si](OCC)(OCC)OCCO[Si](C)(OC)O[Si](C)(OC)OCCO[Si](OCC)(OCC)CC[Si](C)(O1)O2)(OCC)OCC. The average Bonchev–Trinajstić information content (AvgIpc) is 3.29. The molecule has 0 amide bonds. The maximum Gasteiger partial charge on any atom is 0.500 e. The van der Waals surface area contributed by atoms with Gasteiger partial charge in [-0.2, -0.15) is 0 Å². The molecule has 2 fully saturated rings. The van der Waals surface area contributed by atoms with Crippen LogP contribution in [-0.4, -0.2) is 194 Å². The van der Waals surface area contributed by atoms with Crippen LogP contribution in [0.3, 0.4) is 0 Å². The molecule has 31 heteroatoms. The summed E-state index contributed by atoms with van der Waals surface area (Å²) in [5, 5.41) is 0. The van der Waals surface area contributed by atoms with Crippen LogP contribution >= 0.6 is 0 Å². The molecule has 0 aromatic heterocycles. The van der Waals surface area contributed by atoms with E-state index in [1.807, 2.05) is 69.2 Å². The van der Waals surface area contributed by atoms with E-state index in [1.165, 1.54) is 0 Å². The number of hydrogen-bond acceptors (Lipinski definition) is 21. The van der Waals surface area contributed by atoms with Crippen molar-refractivity contribution in [2.45, 2.75) is 157 Å². The molecular weight excluding hydrogens is 1100 g/mol. The fourth-order valence-corrected chi connectivity index (χ4v) is 54.0. The Kier molecular flexibility index (Phi) is 31.2. The van der Waals surface area contributed by atoms with Crippen molar-refractivity contribution in [3.05, 3.63) is 0 Å². The van der Waals surface area contributed by atoms with Crippen LogP contribution in [0.2, 0.25) is 87.6 Å². The van der Waals surface area contributed by atoms with E-state index >= 15 is 0 Å². The lowest BCUT2D eigenvalue weighted by Crippen LogP contribution is -2.68. The highest BCUT2D eigenvalue weighted by atomic mass is 28.5. The third-order valence-electron chi connectivity index (χ3n) is 11.6. The maximum atomic E-state index is 7.75. The van der Waals surface area contributed by atoms with E-state index in [2.05, 4.69) is 26.2 Å². The van der Waals surface area contributed by atoms with Gasteiger partial charge in [0, 0.05) is 118 Å². The van der Waals surface area contributed by atoms with E-state index < -0.39 is 87.1 Å². The molecule has 0 N–H and O–H groups in total. The molecule has 0 radical (unpaired) electrons. The van der Waals surface area contributed by atoms with Crippen molar-refractivity contribution in [3.8, 4) is 0 Å². The number of fused-ring (bicyclic) bond motifs is 2. The van der Waals surface area contributed by atoms with Gasteiger partial charge >= 0.3 is 87.1 Å². The minimum atomic E-state index is -3.45. The molecule has 6 unspecified atom stereocenters.